The molecule has 0 saturated heterocycles. The Morgan fingerprint density at radius 3 is 2.41 bits per heavy atom. The van der Waals surface area contributed by atoms with E-state index >= 15 is 0 Å². The van der Waals surface area contributed by atoms with Crippen LogP contribution in [0, 0.1) is 13.8 Å². The molecule has 0 radical (unpaired) electrons. The number of rotatable bonds is 2. The van der Waals surface area contributed by atoms with Crippen LogP contribution in [0.4, 0.5) is 0 Å². The van der Waals surface area contributed by atoms with Crippen LogP contribution in [0.1, 0.15) is 27.0 Å². The van der Waals surface area contributed by atoms with Crippen LogP contribution in [0.5, 0.6) is 0 Å². The zero-order valence-corrected chi connectivity index (χ0v) is 11.4. The molecule has 1 nitrogen and oxygen atoms in total. The molecule has 0 aliphatic rings. The molecule has 2 heteroatoms. The van der Waals surface area contributed by atoms with Gasteiger partial charge in [0.05, 0.1) is 0 Å². The first-order valence-corrected chi connectivity index (χ1v) is 6.25. The van der Waals surface area contributed by atoms with Crippen molar-refractivity contribution in [2.45, 2.75) is 13.8 Å². The van der Waals surface area contributed by atoms with E-state index in [1.807, 2.05) is 56.3 Å². The highest BCUT2D eigenvalue weighted by Gasteiger charge is 2.14. The number of hydrogen-bond acceptors (Lipinski definition) is 1. The summed E-state index contributed by atoms with van der Waals surface area (Å²) >= 11 is 3.42. The van der Waals surface area contributed by atoms with Gasteiger partial charge in [-0.05, 0) is 37.6 Å². The van der Waals surface area contributed by atoms with Crippen LogP contribution in [0.3, 0.4) is 0 Å². The molecule has 0 N–H and O–H groups in total. The van der Waals surface area contributed by atoms with E-state index in [9.17, 15) is 4.79 Å². The van der Waals surface area contributed by atoms with E-state index in [1.165, 1.54) is 0 Å². The smallest absolute Gasteiger partial charge is 0.194 e. The Kier molecular flexibility index (Phi) is 3.43. The van der Waals surface area contributed by atoms with Gasteiger partial charge >= 0.3 is 0 Å². The number of benzene rings is 2. The van der Waals surface area contributed by atoms with Crippen molar-refractivity contribution in [1.29, 1.82) is 0 Å². The van der Waals surface area contributed by atoms with Crippen molar-refractivity contribution >= 4 is 21.7 Å². The van der Waals surface area contributed by atoms with Crippen LogP contribution in [0.2, 0.25) is 0 Å². The summed E-state index contributed by atoms with van der Waals surface area (Å²) in [6, 6.07) is 13.5. The van der Waals surface area contributed by atoms with Crippen molar-refractivity contribution in [2.75, 3.05) is 0 Å². The molecule has 0 aliphatic heterocycles. The number of aryl methyl sites for hydroxylation is 2. The molecule has 17 heavy (non-hydrogen) atoms. The van der Waals surface area contributed by atoms with Crippen LogP contribution >= 0.6 is 15.9 Å². The number of carbonyl (C=O) groups excluding carboxylic acids is 1. The van der Waals surface area contributed by atoms with E-state index in [-0.39, 0.29) is 5.78 Å². The van der Waals surface area contributed by atoms with Crippen molar-refractivity contribution in [1.82, 2.24) is 0 Å². The van der Waals surface area contributed by atoms with Gasteiger partial charge in [-0.2, -0.15) is 0 Å². The van der Waals surface area contributed by atoms with Gasteiger partial charge in [0.15, 0.2) is 5.78 Å². The Bertz CT molecular complexity index is 573. The zero-order chi connectivity index (χ0) is 12.4. The van der Waals surface area contributed by atoms with Crippen LogP contribution < -0.4 is 0 Å². The first-order chi connectivity index (χ1) is 8.09. The predicted octanol–water partition coefficient (Wildman–Crippen LogP) is 4.30. The Hall–Kier alpha value is -1.41. The van der Waals surface area contributed by atoms with Gasteiger partial charge in [0, 0.05) is 15.6 Å². The summed E-state index contributed by atoms with van der Waals surface area (Å²) in [6.45, 7) is 3.96. The summed E-state index contributed by atoms with van der Waals surface area (Å²) in [5.41, 5.74) is 3.60. The molecule has 0 aromatic heterocycles. The number of carbonyl (C=O) groups is 1. The van der Waals surface area contributed by atoms with Crippen molar-refractivity contribution < 1.29 is 4.79 Å². The summed E-state index contributed by atoms with van der Waals surface area (Å²) in [7, 11) is 0. The molecule has 0 aliphatic carbocycles. The second-order valence-electron chi connectivity index (χ2n) is 4.13. The summed E-state index contributed by atoms with van der Waals surface area (Å²) in [6.07, 6.45) is 0. The van der Waals surface area contributed by atoms with Gasteiger partial charge in [0.1, 0.15) is 0 Å². The summed E-state index contributed by atoms with van der Waals surface area (Å²) < 4.78 is 0.839. The summed E-state index contributed by atoms with van der Waals surface area (Å²) in [5, 5.41) is 0. The molecule has 2 aromatic rings. The van der Waals surface area contributed by atoms with Crippen molar-refractivity contribution in [2.24, 2.45) is 0 Å². The fraction of sp³-hybridized carbons (Fsp3) is 0.133. The molecule has 0 fully saturated rings. The average molecular weight is 289 g/mol. The lowest BCUT2D eigenvalue weighted by Gasteiger charge is -2.07. The maximum absolute atomic E-state index is 12.4. The Morgan fingerprint density at radius 2 is 1.71 bits per heavy atom. The lowest BCUT2D eigenvalue weighted by Crippen LogP contribution is -2.04. The molecule has 0 saturated carbocycles. The van der Waals surface area contributed by atoms with Crippen LogP contribution in [-0.4, -0.2) is 5.78 Å². The molecular formula is C15H13BrO. The lowest BCUT2D eigenvalue weighted by molar-refractivity contribution is 0.103. The molecule has 2 aromatic carbocycles. The minimum Gasteiger partial charge on any atom is -0.289 e. The van der Waals surface area contributed by atoms with Gasteiger partial charge in [0.2, 0.25) is 0 Å². The second kappa shape index (κ2) is 4.84. The SMILES string of the molecule is Cc1ccc(C)c(C(=O)c2ccccc2Br)c1. The Morgan fingerprint density at radius 1 is 1.00 bits per heavy atom. The first kappa shape index (κ1) is 12.1. The monoisotopic (exact) mass is 288 g/mol. The molecule has 0 heterocycles. The van der Waals surface area contributed by atoms with Gasteiger partial charge in [-0.25, -0.2) is 0 Å². The maximum atomic E-state index is 12.4. The number of halogens is 1. The highest BCUT2D eigenvalue weighted by molar-refractivity contribution is 9.10. The van der Waals surface area contributed by atoms with Gasteiger partial charge < -0.3 is 0 Å². The lowest BCUT2D eigenvalue weighted by atomic mass is 9.97. The van der Waals surface area contributed by atoms with Crippen molar-refractivity contribution in [3.63, 3.8) is 0 Å². The zero-order valence-electron chi connectivity index (χ0n) is 9.83. The molecule has 0 unspecified atom stereocenters. The van der Waals surface area contributed by atoms with Crippen molar-refractivity contribution in [3.05, 3.63) is 69.2 Å². The second-order valence-corrected chi connectivity index (χ2v) is 4.98. The average Bonchev–Trinajstić information content (AvgIpc) is 2.32. The molecule has 2 rings (SSSR count). The van der Waals surface area contributed by atoms with Gasteiger partial charge in [-0.1, -0.05) is 45.8 Å². The molecule has 0 atom stereocenters. The minimum atomic E-state index is 0.0682. The first-order valence-electron chi connectivity index (χ1n) is 5.46. The molecule has 0 bridgehead atoms. The quantitative estimate of drug-likeness (QED) is 0.753. The van der Waals surface area contributed by atoms with E-state index in [2.05, 4.69) is 15.9 Å². The Labute approximate surface area is 110 Å². The number of ketones is 1. The number of hydrogen-bond donors (Lipinski definition) is 0. The minimum absolute atomic E-state index is 0.0682. The standard InChI is InChI=1S/C15H13BrO/c1-10-7-8-11(2)13(9-10)15(17)12-5-3-4-6-14(12)16/h3-9H,1-2H3. The molecule has 0 amide bonds. The third-order valence-corrected chi connectivity index (χ3v) is 3.45. The third-order valence-electron chi connectivity index (χ3n) is 2.76. The van der Waals surface area contributed by atoms with E-state index < -0.39 is 0 Å². The van der Waals surface area contributed by atoms with Gasteiger partial charge in [-0.15, -0.1) is 0 Å². The topological polar surface area (TPSA) is 17.1 Å². The fourth-order valence-corrected chi connectivity index (χ4v) is 2.24. The largest absolute Gasteiger partial charge is 0.289 e. The fourth-order valence-electron chi connectivity index (χ4n) is 1.77. The normalized spacial score (nSPS) is 10.3. The van der Waals surface area contributed by atoms with E-state index in [1.54, 1.807) is 0 Å². The van der Waals surface area contributed by atoms with Gasteiger partial charge in [0.25, 0.3) is 0 Å². The predicted molar refractivity (Wildman–Crippen MR) is 73.5 cm³/mol. The highest BCUT2D eigenvalue weighted by Crippen LogP contribution is 2.22. The Balaban J connectivity index is 2.51. The van der Waals surface area contributed by atoms with Crippen LogP contribution in [0.25, 0.3) is 0 Å². The summed E-state index contributed by atoms with van der Waals surface area (Å²) in [4.78, 5) is 12.4. The van der Waals surface area contributed by atoms with Crippen LogP contribution in [-0.2, 0) is 0 Å². The van der Waals surface area contributed by atoms with E-state index in [4.69, 9.17) is 0 Å². The van der Waals surface area contributed by atoms with E-state index in [0.717, 1.165) is 21.2 Å². The van der Waals surface area contributed by atoms with Gasteiger partial charge in [-0.3, -0.25) is 4.79 Å². The molecule has 86 valence electrons. The van der Waals surface area contributed by atoms with Crippen LogP contribution in [0.15, 0.2) is 46.9 Å². The molecular weight excluding hydrogens is 276 g/mol. The third kappa shape index (κ3) is 2.47. The summed E-state index contributed by atoms with van der Waals surface area (Å²) in [5.74, 6) is 0.0682. The molecule has 0 spiro atoms. The van der Waals surface area contributed by atoms with E-state index in [0.29, 0.717) is 5.56 Å². The highest BCUT2D eigenvalue weighted by atomic mass is 79.9. The maximum Gasteiger partial charge on any atom is 0.194 e. The van der Waals surface area contributed by atoms with Crippen molar-refractivity contribution in [3.8, 4) is 0 Å².